The predicted molar refractivity (Wildman–Crippen MR) is 159 cm³/mol. The molecule has 0 aromatic heterocycles. The number of phenolic OH excluding ortho intramolecular Hbond substituents is 1. The van der Waals surface area contributed by atoms with Crippen LogP contribution in [0.3, 0.4) is 0 Å². The third-order valence-electron chi connectivity index (χ3n) is 8.46. The number of rotatable bonds is 14. The summed E-state index contributed by atoms with van der Waals surface area (Å²) in [7, 11) is 0. The van der Waals surface area contributed by atoms with Gasteiger partial charge in [-0.2, -0.15) is 0 Å². The van der Waals surface area contributed by atoms with Gasteiger partial charge in [-0.3, -0.25) is 0 Å². The van der Waals surface area contributed by atoms with E-state index in [0.717, 1.165) is 30.1 Å². The van der Waals surface area contributed by atoms with Crippen LogP contribution in [0.1, 0.15) is 92.7 Å². The molecule has 0 spiro atoms. The molecule has 0 bridgehead atoms. The lowest BCUT2D eigenvalue weighted by atomic mass is 9.76. The summed E-state index contributed by atoms with van der Waals surface area (Å²) in [5.74, 6) is 2.31. The number of likely N-dealkylation sites (tertiary alicyclic amines) is 1. The van der Waals surface area contributed by atoms with Crippen molar-refractivity contribution in [3.63, 3.8) is 0 Å². The van der Waals surface area contributed by atoms with Crippen LogP contribution in [0.5, 0.6) is 17.2 Å². The van der Waals surface area contributed by atoms with Gasteiger partial charge < -0.3 is 19.5 Å². The maximum Gasteiger partial charge on any atom is 0.126 e. The summed E-state index contributed by atoms with van der Waals surface area (Å²) in [5, 5.41) is 9.99. The molecule has 0 radical (unpaired) electrons. The number of fused-ring (bicyclic) bond motifs is 1. The van der Waals surface area contributed by atoms with Gasteiger partial charge in [0, 0.05) is 23.5 Å². The van der Waals surface area contributed by atoms with Crippen molar-refractivity contribution in [2.75, 3.05) is 32.8 Å². The number of unbranched alkanes of at least 4 members (excludes halogenated alkanes) is 7. The fourth-order valence-electron chi connectivity index (χ4n) is 6.26. The topological polar surface area (TPSA) is 41.9 Å². The molecule has 0 aliphatic carbocycles. The monoisotopic (exact) mass is 527 g/mol. The number of hydrogen-bond acceptors (Lipinski definition) is 4. The summed E-state index contributed by atoms with van der Waals surface area (Å²) in [6.45, 7) is 5.34. The summed E-state index contributed by atoms with van der Waals surface area (Å²) in [5.41, 5.74) is 3.63. The van der Waals surface area contributed by atoms with E-state index in [2.05, 4.69) is 59.5 Å². The second kappa shape index (κ2) is 14.4. The fourth-order valence-corrected chi connectivity index (χ4v) is 6.26. The maximum atomic E-state index is 9.99. The molecule has 3 aromatic carbocycles. The average molecular weight is 528 g/mol. The van der Waals surface area contributed by atoms with E-state index >= 15 is 0 Å². The first-order valence-electron chi connectivity index (χ1n) is 15.2. The van der Waals surface area contributed by atoms with Gasteiger partial charge in [0.2, 0.25) is 0 Å². The lowest BCUT2D eigenvalue weighted by Gasteiger charge is -2.34. The van der Waals surface area contributed by atoms with Crippen LogP contribution in [0.4, 0.5) is 0 Å². The molecule has 4 heteroatoms. The quantitative estimate of drug-likeness (QED) is 0.214. The van der Waals surface area contributed by atoms with E-state index in [9.17, 15) is 5.11 Å². The largest absolute Gasteiger partial charge is 0.508 e. The number of ether oxygens (including phenoxy) is 2. The second-order valence-electron chi connectivity index (χ2n) is 11.3. The van der Waals surface area contributed by atoms with Gasteiger partial charge in [0.25, 0.3) is 0 Å². The van der Waals surface area contributed by atoms with Gasteiger partial charge in [0.05, 0.1) is 13.2 Å². The summed E-state index contributed by atoms with van der Waals surface area (Å²) in [6, 6.07) is 24.7. The van der Waals surface area contributed by atoms with Gasteiger partial charge in [-0.05, 0) is 74.6 Å². The van der Waals surface area contributed by atoms with E-state index in [1.807, 2.05) is 6.07 Å². The van der Waals surface area contributed by atoms with Gasteiger partial charge in [0.1, 0.15) is 17.2 Å². The molecule has 1 fully saturated rings. The number of hydrogen-bond donors (Lipinski definition) is 1. The molecule has 2 heterocycles. The van der Waals surface area contributed by atoms with Gasteiger partial charge in [-0.1, -0.05) is 87.1 Å². The van der Waals surface area contributed by atoms with Gasteiger partial charge in [-0.25, -0.2) is 0 Å². The lowest BCUT2D eigenvalue weighted by Crippen LogP contribution is -2.25. The first-order valence-corrected chi connectivity index (χ1v) is 15.2. The minimum absolute atomic E-state index is 0.158. The Labute approximate surface area is 235 Å². The van der Waals surface area contributed by atoms with E-state index in [1.54, 1.807) is 12.1 Å². The molecule has 208 valence electrons. The molecular formula is C35H45NO3. The minimum atomic E-state index is 0.158. The average Bonchev–Trinajstić information content (AvgIpc) is 3.50. The normalized spacial score (nSPS) is 19.0. The van der Waals surface area contributed by atoms with E-state index in [-0.39, 0.29) is 17.6 Å². The van der Waals surface area contributed by atoms with Crippen molar-refractivity contribution in [3.8, 4) is 17.2 Å². The van der Waals surface area contributed by atoms with Crippen molar-refractivity contribution < 1.29 is 14.6 Å². The predicted octanol–water partition coefficient (Wildman–Crippen LogP) is 8.30. The van der Waals surface area contributed by atoms with Crippen molar-refractivity contribution in [1.29, 1.82) is 0 Å². The van der Waals surface area contributed by atoms with Gasteiger partial charge in [0.15, 0.2) is 0 Å². The Morgan fingerprint density at radius 2 is 1.44 bits per heavy atom. The molecule has 0 unspecified atom stereocenters. The molecular weight excluding hydrogens is 482 g/mol. The van der Waals surface area contributed by atoms with Crippen molar-refractivity contribution >= 4 is 0 Å². The van der Waals surface area contributed by atoms with Crippen molar-refractivity contribution in [2.24, 2.45) is 0 Å². The highest BCUT2D eigenvalue weighted by Gasteiger charge is 2.33. The minimum Gasteiger partial charge on any atom is -0.508 e. The Morgan fingerprint density at radius 1 is 0.744 bits per heavy atom. The smallest absolute Gasteiger partial charge is 0.126 e. The molecule has 2 aliphatic heterocycles. The molecule has 2 aliphatic rings. The van der Waals surface area contributed by atoms with E-state index in [4.69, 9.17) is 9.47 Å². The first kappa shape index (κ1) is 27.6. The zero-order chi connectivity index (χ0) is 26.7. The molecule has 1 N–H and O–H groups in total. The zero-order valence-electron chi connectivity index (χ0n) is 23.4. The second-order valence-corrected chi connectivity index (χ2v) is 11.3. The highest BCUT2D eigenvalue weighted by Crippen LogP contribution is 2.47. The van der Waals surface area contributed by atoms with E-state index in [1.165, 1.54) is 88.5 Å². The highest BCUT2D eigenvalue weighted by atomic mass is 16.5. The Bertz CT molecular complexity index is 1120. The van der Waals surface area contributed by atoms with Crippen molar-refractivity contribution in [2.45, 2.75) is 76.0 Å². The van der Waals surface area contributed by atoms with Crippen LogP contribution in [0, 0.1) is 0 Å². The SMILES string of the molecule is Oc1ccc2c(c1)OC[C@@H](c1ccccc1)[C@@H]2c1ccc(OCCCCCCCCCCN2CCCC2)cc1. The highest BCUT2D eigenvalue weighted by molar-refractivity contribution is 5.50. The van der Waals surface area contributed by atoms with Crippen LogP contribution in [0.25, 0.3) is 0 Å². The number of aromatic hydroxyl groups is 1. The van der Waals surface area contributed by atoms with E-state index < -0.39 is 0 Å². The molecule has 1 saturated heterocycles. The third kappa shape index (κ3) is 7.79. The van der Waals surface area contributed by atoms with Gasteiger partial charge in [-0.15, -0.1) is 0 Å². The Kier molecular flexibility index (Phi) is 10.2. The number of nitrogens with zero attached hydrogens (tertiary/aromatic N) is 1. The van der Waals surface area contributed by atoms with Crippen molar-refractivity contribution in [1.82, 2.24) is 4.90 Å². The number of benzene rings is 3. The van der Waals surface area contributed by atoms with Crippen LogP contribution in [-0.2, 0) is 0 Å². The molecule has 2 atom stereocenters. The number of phenols is 1. The van der Waals surface area contributed by atoms with Crippen LogP contribution in [0.2, 0.25) is 0 Å². The molecule has 0 saturated carbocycles. The van der Waals surface area contributed by atoms with E-state index in [0.29, 0.717) is 6.61 Å². The van der Waals surface area contributed by atoms with Crippen LogP contribution >= 0.6 is 0 Å². The van der Waals surface area contributed by atoms with Gasteiger partial charge >= 0.3 is 0 Å². The summed E-state index contributed by atoms with van der Waals surface area (Å²) < 4.78 is 12.2. The Balaban J connectivity index is 1.05. The third-order valence-corrected chi connectivity index (χ3v) is 8.46. The van der Waals surface area contributed by atoms with Crippen LogP contribution in [0.15, 0.2) is 72.8 Å². The lowest BCUT2D eigenvalue weighted by molar-refractivity contribution is 0.247. The Hall–Kier alpha value is -2.98. The maximum absolute atomic E-state index is 9.99. The first-order chi connectivity index (χ1) is 19.3. The summed E-state index contributed by atoms with van der Waals surface area (Å²) >= 11 is 0. The zero-order valence-corrected chi connectivity index (χ0v) is 23.4. The summed E-state index contributed by atoms with van der Waals surface area (Å²) in [4.78, 5) is 2.63. The summed E-state index contributed by atoms with van der Waals surface area (Å²) in [6.07, 6.45) is 13.4. The molecule has 4 nitrogen and oxygen atoms in total. The molecule has 3 aromatic rings. The molecule has 5 rings (SSSR count). The van der Waals surface area contributed by atoms with Crippen LogP contribution < -0.4 is 9.47 Å². The Morgan fingerprint density at radius 3 is 2.18 bits per heavy atom. The van der Waals surface area contributed by atoms with Crippen molar-refractivity contribution in [3.05, 3.63) is 89.5 Å². The fraction of sp³-hybridized carbons (Fsp3) is 0.486. The van der Waals surface area contributed by atoms with Crippen LogP contribution in [-0.4, -0.2) is 42.9 Å². The standard InChI is InChI=1S/C35H45NO3/c37-30-18-21-32-34(26-30)39-27-33(28-14-8-7-9-15-28)35(32)29-16-19-31(20-17-29)38-25-13-6-4-2-1-3-5-10-22-36-23-11-12-24-36/h7-9,14-21,26,33,35,37H,1-6,10-13,22-25,27H2/t33-,35+/m0/s1. The molecule has 39 heavy (non-hydrogen) atoms. The molecule has 0 amide bonds.